The first-order valence-electron chi connectivity index (χ1n) is 4.95. The minimum Gasteiger partial charge on any atom is -0.377 e. The molecule has 0 aliphatic carbocycles. The summed E-state index contributed by atoms with van der Waals surface area (Å²) in [5.41, 5.74) is 1.05. The van der Waals surface area contributed by atoms with Crippen molar-refractivity contribution in [1.29, 1.82) is 0 Å². The Kier molecular flexibility index (Phi) is 4.82. The van der Waals surface area contributed by atoms with E-state index in [0.717, 1.165) is 23.8 Å². The molecule has 1 aromatic heterocycles. The standard InChI is InChI=1S/C9H18N4S/c1-4-5-6-13(3)7-8-9(10-2)14-12-11-8/h10H,4-7H2,1-3H3. The second kappa shape index (κ2) is 5.93. The second-order valence-electron chi connectivity index (χ2n) is 3.39. The lowest BCUT2D eigenvalue weighted by Gasteiger charge is -2.14. The van der Waals surface area contributed by atoms with Crippen LogP contribution in [0, 0.1) is 0 Å². The fourth-order valence-corrected chi connectivity index (χ4v) is 1.79. The van der Waals surface area contributed by atoms with E-state index in [1.54, 1.807) is 0 Å². The van der Waals surface area contributed by atoms with Crippen molar-refractivity contribution in [2.75, 3.05) is 26.0 Å². The third kappa shape index (κ3) is 3.23. The van der Waals surface area contributed by atoms with Gasteiger partial charge in [-0.15, -0.1) is 5.10 Å². The quantitative estimate of drug-likeness (QED) is 0.784. The van der Waals surface area contributed by atoms with Crippen molar-refractivity contribution >= 4 is 16.5 Å². The Labute approximate surface area is 89.5 Å². The van der Waals surface area contributed by atoms with Gasteiger partial charge in [0, 0.05) is 25.1 Å². The molecule has 80 valence electrons. The summed E-state index contributed by atoms with van der Waals surface area (Å²) in [6.45, 7) is 4.21. The SMILES string of the molecule is CCCCN(C)Cc1nnsc1NC. The molecule has 1 aromatic rings. The highest BCUT2D eigenvalue weighted by atomic mass is 32.1. The van der Waals surface area contributed by atoms with Gasteiger partial charge in [0.15, 0.2) is 0 Å². The Hall–Kier alpha value is -0.680. The zero-order chi connectivity index (χ0) is 10.4. The Balaban J connectivity index is 2.42. The van der Waals surface area contributed by atoms with Crippen LogP contribution >= 0.6 is 11.5 Å². The average molecular weight is 214 g/mol. The van der Waals surface area contributed by atoms with E-state index in [4.69, 9.17) is 0 Å². The predicted molar refractivity (Wildman–Crippen MR) is 60.7 cm³/mol. The summed E-state index contributed by atoms with van der Waals surface area (Å²) in [6.07, 6.45) is 2.47. The van der Waals surface area contributed by atoms with Gasteiger partial charge in [0.05, 0.1) is 0 Å². The van der Waals surface area contributed by atoms with Gasteiger partial charge in [-0.05, 0) is 20.0 Å². The van der Waals surface area contributed by atoms with Crippen molar-refractivity contribution in [3.05, 3.63) is 5.69 Å². The average Bonchev–Trinajstić information content (AvgIpc) is 2.62. The van der Waals surface area contributed by atoms with Crippen LogP contribution in [0.2, 0.25) is 0 Å². The summed E-state index contributed by atoms with van der Waals surface area (Å²) >= 11 is 1.42. The maximum atomic E-state index is 4.10. The molecule has 0 radical (unpaired) electrons. The Morgan fingerprint density at radius 2 is 2.29 bits per heavy atom. The summed E-state index contributed by atoms with van der Waals surface area (Å²) in [5, 5.41) is 8.28. The number of rotatable bonds is 6. The van der Waals surface area contributed by atoms with Crippen molar-refractivity contribution in [1.82, 2.24) is 14.5 Å². The number of unbranched alkanes of at least 4 members (excludes halogenated alkanes) is 1. The Morgan fingerprint density at radius 3 is 2.93 bits per heavy atom. The van der Waals surface area contributed by atoms with Crippen molar-refractivity contribution in [2.45, 2.75) is 26.3 Å². The molecule has 0 amide bonds. The highest BCUT2D eigenvalue weighted by Crippen LogP contribution is 2.17. The van der Waals surface area contributed by atoms with E-state index in [2.05, 4.69) is 33.8 Å². The van der Waals surface area contributed by atoms with Gasteiger partial charge in [0.1, 0.15) is 10.7 Å². The van der Waals surface area contributed by atoms with Crippen LogP contribution in [0.5, 0.6) is 0 Å². The predicted octanol–water partition coefficient (Wildman–Crippen LogP) is 1.81. The van der Waals surface area contributed by atoms with Crippen LogP contribution in [0.25, 0.3) is 0 Å². The molecule has 0 aliphatic heterocycles. The van der Waals surface area contributed by atoms with E-state index in [9.17, 15) is 0 Å². The van der Waals surface area contributed by atoms with Crippen LogP contribution in [0.15, 0.2) is 0 Å². The van der Waals surface area contributed by atoms with Gasteiger partial charge in [-0.2, -0.15) is 0 Å². The first kappa shape index (κ1) is 11.4. The Morgan fingerprint density at radius 1 is 1.50 bits per heavy atom. The lowest BCUT2D eigenvalue weighted by Crippen LogP contribution is -2.19. The highest BCUT2D eigenvalue weighted by Gasteiger charge is 2.08. The van der Waals surface area contributed by atoms with Gasteiger partial charge in [0.25, 0.3) is 0 Å². The van der Waals surface area contributed by atoms with Crippen LogP contribution in [0.1, 0.15) is 25.5 Å². The molecule has 0 saturated carbocycles. The van der Waals surface area contributed by atoms with Gasteiger partial charge < -0.3 is 10.2 Å². The molecule has 0 saturated heterocycles. The molecule has 0 spiro atoms. The summed E-state index contributed by atoms with van der Waals surface area (Å²) in [4.78, 5) is 2.28. The van der Waals surface area contributed by atoms with Crippen LogP contribution < -0.4 is 5.32 Å². The number of nitrogens with one attached hydrogen (secondary N) is 1. The molecule has 14 heavy (non-hydrogen) atoms. The van der Waals surface area contributed by atoms with E-state index in [1.807, 2.05) is 7.05 Å². The van der Waals surface area contributed by atoms with Gasteiger partial charge in [-0.3, -0.25) is 0 Å². The molecule has 0 fully saturated rings. The van der Waals surface area contributed by atoms with Gasteiger partial charge in [0.2, 0.25) is 0 Å². The fourth-order valence-electron chi connectivity index (χ4n) is 1.26. The summed E-state index contributed by atoms with van der Waals surface area (Å²) in [7, 11) is 4.03. The molecule has 1 heterocycles. The van der Waals surface area contributed by atoms with Crippen LogP contribution in [-0.2, 0) is 6.54 Å². The highest BCUT2D eigenvalue weighted by molar-refractivity contribution is 7.10. The topological polar surface area (TPSA) is 41.1 Å². The number of hydrogen-bond acceptors (Lipinski definition) is 5. The summed E-state index contributed by atoms with van der Waals surface area (Å²) < 4.78 is 3.93. The maximum Gasteiger partial charge on any atom is 0.134 e. The molecular weight excluding hydrogens is 196 g/mol. The van der Waals surface area contributed by atoms with Crippen molar-refractivity contribution in [3.8, 4) is 0 Å². The Bertz CT molecular complexity index is 261. The van der Waals surface area contributed by atoms with Crippen molar-refractivity contribution in [3.63, 3.8) is 0 Å². The third-order valence-electron chi connectivity index (χ3n) is 2.10. The van der Waals surface area contributed by atoms with Crippen LogP contribution in [0.4, 0.5) is 5.00 Å². The van der Waals surface area contributed by atoms with E-state index in [0.29, 0.717) is 0 Å². The second-order valence-corrected chi connectivity index (χ2v) is 4.14. The molecule has 4 nitrogen and oxygen atoms in total. The molecule has 0 aromatic carbocycles. The van der Waals surface area contributed by atoms with Crippen molar-refractivity contribution < 1.29 is 0 Å². The van der Waals surface area contributed by atoms with Crippen LogP contribution in [0.3, 0.4) is 0 Å². The normalized spacial score (nSPS) is 10.9. The zero-order valence-electron chi connectivity index (χ0n) is 9.08. The number of aromatic nitrogens is 2. The third-order valence-corrected chi connectivity index (χ3v) is 2.88. The van der Waals surface area contributed by atoms with Gasteiger partial charge in [-0.1, -0.05) is 17.8 Å². The molecule has 0 aliphatic rings. The largest absolute Gasteiger partial charge is 0.377 e. The molecular formula is C9H18N4S. The monoisotopic (exact) mass is 214 g/mol. The van der Waals surface area contributed by atoms with Crippen LogP contribution in [-0.4, -0.2) is 35.1 Å². The molecule has 1 rings (SSSR count). The number of hydrogen-bond donors (Lipinski definition) is 1. The van der Waals surface area contributed by atoms with E-state index < -0.39 is 0 Å². The van der Waals surface area contributed by atoms with Crippen molar-refractivity contribution in [2.24, 2.45) is 0 Å². The zero-order valence-corrected chi connectivity index (χ0v) is 9.89. The molecule has 0 bridgehead atoms. The first-order valence-corrected chi connectivity index (χ1v) is 5.72. The fraction of sp³-hybridized carbons (Fsp3) is 0.778. The molecule has 1 N–H and O–H groups in total. The molecule has 0 atom stereocenters. The van der Waals surface area contributed by atoms with Gasteiger partial charge >= 0.3 is 0 Å². The number of anilines is 1. The van der Waals surface area contributed by atoms with Gasteiger partial charge in [-0.25, -0.2) is 0 Å². The number of nitrogens with zero attached hydrogens (tertiary/aromatic N) is 3. The maximum absolute atomic E-state index is 4.10. The summed E-state index contributed by atoms with van der Waals surface area (Å²) in [6, 6.07) is 0. The van der Waals surface area contributed by atoms with E-state index >= 15 is 0 Å². The van der Waals surface area contributed by atoms with E-state index in [1.165, 1.54) is 24.4 Å². The molecule has 0 unspecified atom stereocenters. The lowest BCUT2D eigenvalue weighted by atomic mass is 10.3. The lowest BCUT2D eigenvalue weighted by molar-refractivity contribution is 0.317. The summed E-state index contributed by atoms with van der Waals surface area (Å²) in [5.74, 6) is 0. The van der Waals surface area contributed by atoms with E-state index in [-0.39, 0.29) is 0 Å². The minimum atomic E-state index is 0.882. The minimum absolute atomic E-state index is 0.882. The smallest absolute Gasteiger partial charge is 0.134 e. The molecule has 5 heteroatoms. The first-order chi connectivity index (χ1) is 6.77.